The molecule has 0 aromatic heterocycles. The highest BCUT2D eigenvalue weighted by molar-refractivity contribution is 6.02. The fourth-order valence-electron chi connectivity index (χ4n) is 4.97. The van der Waals surface area contributed by atoms with Crippen LogP contribution in [0.3, 0.4) is 0 Å². The van der Waals surface area contributed by atoms with Gasteiger partial charge in [-0.3, -0.25) is 0 Å². The summed E-state index contributed by atoms with van der Waals surface area (Å²) in [5.41, 5.74) is 2.49. The predicted octanol–water partition coefficient (Wildman–Crippen LogP) is 4.20. The lowest BCUT2D eigenvalue weighted by atomic mass is 9.90. The normalized spacial score (nSPS) is 20.5. The summed E-state index contributed by atoms with van der Waals surface area (Å²) in [6.07, 6.45) is 1.74. The molecule has 1 spiro atoms. The van der Waals surface area contributed by atoms with Crippen molar-refractivity contribution in [2.24, 2.45) is 5.10 Å². The number of carbonyl (C=O) groups is 1. The van der Waals surface area contributed by atoms with Crippen LogP contribution in [-0.4, -0.2) is 61.4 Å². The number of methoxy groups -OCH3 is 2. The maximum Gasteiger partial charge on any atom is 0.409 e. The predicted molar refractivity (Wildman–Crippen MR) is 123 cm³/mol. The average molecular weight is 452 g/mol. The second-order valence-electron chi connectivity index (χ2n) is 8.45. The Kier molecular flexibility index (Phi) is 5.52. The van der Waals surface area contributed by atoms with Crippen molar-refractivity contribution in [1.82, 2.24) is 9.91 Å². The Hall–Kier alpha value is -3.42. The van der Waals surface area contributed by atoms with Gasteiger partial charge in [0.1, 0.15) is 5.75 Å². The minimum atomic E-state index is -0.649. The average Bonchev–Trinajstić information content (AvgIpc) is 3.31. The fraction of sp³-hybridized carbons (Fsp3) is 0.440. The van der Waals surface area contributed by atoms with Crippen LogP contribution in [0.15, 0.2) is 47.6 Å². The Bertz CT molecular complexity index is 1060. The van der Waals surface area contributed by atoms with Gasteiger partial charge in [-0.15, -0.1) is 0 Å². The number of para-hydroxylation sites is 1. The van der Waals surface area contributed by atoms with E-state index in [1.807, 2.05) is 43.3 Å². The van der Waals surface area contributed by atoms with Crippen LogP contribution in [0.25, 0.3) is 0 Å². The first-order valence-electron chi connectivity index (χ1n) is 11.4. The first-order chi connectivity index (χ1) is 16.1. The standard InChI is InChI=1S/C25H29N3O5/c1-4-32-24(29)27-14-12-25(13-15-27)28-21(19-6-5-7-22(31-3)23(19)33-25)16-20(26-28)17-8-10-18(30-2)11-9-17/h5-11,21H,4,12-16H2,1-3H3. The number of rotatable bonds is 4. The maximum absolute atomic E-state index is 12.3. The van der Waals surface area contributed by atoms with Crippen LogP contribution in [0.4, 0.5) is 4.79 Å². The van der Waals surface area contributed by atoms with Crippen molar-refractivity contribution in [1.29, 1.82) is 0 Å². The highest BCUT2D eigenvalue weighted by atomic mass is 16.6. The minimum Gasteiger partial charge on any atom is -0.497 e. The molecule has 2 aromatic carbocycles. The van der Waals surface area contributed by atoms with Crippen molar-refractivity contribution in [2.45, 2.75) is 38.0 Å². The molecule has 5 rings (SSSR count). The highest BCUT2D eigenvalue weighted by Gasteiger charge is 2.53. The van der Waals surface area contributed by atoms with E-state index in [4.69, 9.17) is 24.0 Å². The van der Waals surface area contributed by atoms with Gasteiger partial charge in [-0.25, -0.2) is 9.80 Å². The smallest absolute Gasteiger partial charge is 0.409 e. The molecule has 1 amide bonds. The first-order valence-corrected chi connectivity index (χ1v) is 11.4. The van der Waals surface area contributed by atoms with Crippen LogP contribution in [0.2, 0.25) is 0 Å². The minimum absolute atomic E-state index is 0.0371. The Morgan fingerprint density at radius 2 is 1.88 bits per heavy atom. The molecule has 1 saturated heterocycles. The summed E-state index contributed by atoms with van der Waals surface area (Å²) in [5.74, 6) is 2.31. The Morgan fingerprint density at radius 1 is 1.12 bits per heavy atom. The van der Waals surface area contributed by atoms with Crippen LogP contribution in [0.5, 0.6) is 17.2 Å². The molecule has 8 nitrogen and oxygen atoms in total. The van der Waals surface area contributed by atoms with Crippen molar-refractivity contribution < 1.29 is 23.7 Å². The lowest BCUT2D eigenvalue weighted by Crippen LogP contribution is -2.59. The van der Waals surface area contributed by atoms with Crippen molar-refractivity contribution in [3.63, 3.8) is 0 Å². The van der Waals surface area contributed by atoms with Gasteiger partial charge in [-0.2, -0.15) is 5.10 Å². The lowest BCUT2D eigenvalue weighted by molar-refractivity contribution is -0.148. The van der Waals surface area contributed by atoms with Crippen molar-refractivity contribution in [3.8, 4) is 17.2 Å². The van der Waals surface area contributed by atoms with Crippen LogP contribution in [-0.2, 0) is 4.74 Å². The van der Waals surface area contributed by atoms with E-state index in [1.165, 1.54) is 0 Å². The molecule has 0 aliphatic carbocycles. The lowest BCUT2D eigenvalue weighted by Gasteiger charge is -2.51. The van der Waals surface area contributed by atoms with Gasteiger partial charge >= 0.3 is 6.09 Å². The Labute approximate surface area is 193 Å². The molecule has 33 heavy (non-hydrogen) atoms. The molecule has 3 aliphatic rings. The second-order valence-corrected chi connectivity index (χ2v) is 8.45. The molecule has 0 radical (unpaired) electrons. The van der Waals surface area contributed by atoms with Crippen molar-refractivity contribution in [2.75, 3.05) is 33.9 Å². The summed E-state index contributed by atoms with van der Waals surface area (Å²) in [4.78, 5) is 14.0. The number of carbonyl (C=O) groups excluding carboxylic acids is 1. The number of hydrogen-bond donors (Lipinski definition) is 0. The third kappa shape index (κ3) is 3.63. The van der Waals surface area contributed by atoms with Crippen molar-refractivity contribution in [3.05, 3.63) is 53.6 Å². The molecule has 3 aliphatic heterocycles. The summed E-state index contributed by atoms with van der Waals surface area (Å²) in [5, 5.41) is 7.20. The number of piperidine rings is 1. The molecule has 2 aromatic rings. The van der Waals surface area contributed by atoms with E-state index in [0.29, 0.717) is 32.5 Å². The number of ether oxygens (including phenoxy) is 4. The van der Waals surface area contributed by atoms with E-state index < -0.39 is 5.72 Å². The molecule has 3 heterocycles. The Balaban J connectivity index is 1.50. The molecule has 174 valence electrons. The molecule has 8 heteroatoms. The van der Waals surface area contributed by atoms with Gasteiger partial charge in [0.2, 0.25) is 5.72 Å². The maximum atomic E-state index is 12.3. The summed E-state index contributed by atoms with van der Waals surface area (Å²) >= 11 is 0. The molecular formula is C25H29N3O5. The molecule has 1 unspecified atom stereocenters. The van der Waals surface area contributed by atoms with E-state index in [-0.39, 0.29) is 12.1 Å². The van der Waals surface area contributed by atoms with E-state index in [9.17, 15) is 4.79 Å². The van der Waals surface area contributed by atoms with Gasteiger partial charge < -0.3 is 23.8 Å². The number of hydrazone groups is 1. The molecule has 0 saturated carbocycles. The van der Waals surface area contributed by atoms with Crippen LogP contribution in [0.1, 0.15) is 43.4 Å². The molecular weight excluding hydrogens is 422 g/mol. The third-order valence-corrected chi connectivity index (χ3v) is 6.70. The highest BCUT2D eigenvalue weighted by Crippen LogP contribution is 2.52. The summed E-state index contributed by atoms with van der Waals surface area (Å²) in [6.45, 7) is 3.27. The number of fused-ring (bicyclic) bond motifs is 4. The van der Waals surface area contributed by atoms with Gasteiger partial charge in [0, 0.05) is 37.9 Å². The number of hydrogen-bond acceptors (Lipinski definition) is 7. The van der Waals surface area contributed by atoms with E-state index >= 15 is 0 Å². The largest absolute Gasteiger partial charge is 0.497 e. The van der Waals surface area contributed by atoms with Crippen molar-refractivity contribution >= 4 is 11.8 Å². The third-order valence-electron chi connectivity index (χ3n) is 6.70. The van der Waals surface area contributed by atoms with Gasteiger partial charge in [-0.05, 0) is 42.8 Å². The quantitative estimate of drug-likeness (QED) is 0.694. The SMILES string of the molecule is CCOC(=O)N1CCC2(CC1)Oc1c(OC)cccc1C1CC(c3ccc(OC)cc3)=NN12. The Morgan fingerprint density at radius 3 is 2.55 bits per heavy atom. The summed E-state index contributed by atoms with van der Waals surface area (Å²) in [7, 11) is 3.33. The van der Waals surface area contributed by atoms with E-state index in [0.717, 1.165) is 40.5 Å². The van der Waals surface area contributed by atoms with Crippen LogP contribution in [0, 0.1) is 0 Å². The monoisotopic (exact) mass is 451 g/mol. The van der Waals surface area contributed by atoms with E-state index in [2.05, 4.69) is 11.1 Å². The zero-order valence-electron chi connectivity index (χ0n) is 19.2. The number of benzene rings is 2. The zero-order valence-corrected chi connectivity index (χ0v) is 19.2. The van der Waals surface area contributed by atoms with Gasteiger partial charge in [-0.1, -0.05) is 12.1 Å². The molecule has 1 atom stereocenters. The number of nitrogens with zero attached hydrogens (tertiary/aromatic N) is 3. The van der Waals surface area contributed by atoms with E-state index in [1.54, 1.807) is 19.1 Å². The van der Waals surface area contributed by atoms with Gasteiger partial charge in [0.25, 0.3) is 0 Å². The second kappa shape index (κ2) is 8.50. The van der Waals surface area contributed by atoms with Gasteiger partial charge in [0.15, 0.2) is 11.5 Å². The summed E-state index contributed by atoms with van der Waals surface area (Å²) in [6, 6.07) is 14.0. The topological polar surface area (TPSA) is 72.8 Å². The van der Waals surface area contributed by atoms with Crippen LogP contribution >= 0.6 is 0 Å². The summed E-state index contributed by atoms with van der Waals surface area (Å²) < 4.78 is 22.9. The molecule has 0 N–H and O–H groups in total. The number of amides is 1. The number of likely N-dealkylation sites (tertiary alicyclic amines) is 1. The molecule has 1 fully saturated rings. The van der Waals surface area contributed by atoms with Crippen LogP contribution < -0.4 is 14.2 Å². The van der Waals surface area contributed by atoms with Gasteiger partial charge in [0.05, 0.1) is 32.6 Å². The fourth-order valence-corrected chi connectivity index (χ4v) is 4.97. The zero-order chi connectivity index (χ0) is 23.0. The molecule has 0 bridgehead atoms. The first kappa shape index (κ1) is 21.4.